The molecule has 0 N–H and O–H groups in total. The standard InChI is InChI=1S/C20H26N4O3/c1-4-27-18(25)16-15-7-10-24(12-14(15)11-22-17(16)23(2)3)19(26)20(13-21)8-5-6-9-20/h11H,4-10,12H2,1-3H3. The number of hydrogen-bond donors (Lipinski definition) is 0. The van der Waals surface area contributed by atoms with Gasteiger partial charge in [-0.25, -0.2) is 9.78 Å². The highest BCUT2D eigenvalue weighted by molar-refractivity contribution is 5.97. The van der Waals surface area contributed by atoms with Crippen molar-refractivity contribution in [1.82, 2.24) is 9.88 Å². The monoisotopic (exact) mass is 370 g/mol. The van der Waals surface area contributed by atoms with Gasteiger partial charge in [-0.2, -0.15) is 5.26 Å². The van der Waals surface area contributed by atoms with Crippen LogP contribution in [-0.2, 0) is 22.5 Å². The normalized spacial score (nSPS) is 17.8. The molecule has 144 valence electrons. The fraction of sp³-hybridized carbons (Fsp3) is 0.600. The summed E-state index contributed by atoms with van der Waals surface area (Å²) < 4.78 is 5.24. The molecule has 7 nitrogen and oxygen atoms in total. The van der Waals surface area contributed by atoms with Crippen molar-refractivity contribution in [2.24, 2.45) is 5.41 Å². The number of esters is 1. The van der Waals surface area contributed by atoms with Gasteiger partial charge in [0.15, 0.2) is 0 Å². The second-order valence-corrected chi connectivity index (χ2v) is 7.45. The first-order chi connectivity index (χ1) is 12.9. The maximum atomic E-state index is 13.0. The van der Waals surface area contributed by atoms with E-state index in [4.69, 9.17) is 4.74 Å². The lowest BCUT2D eigenvalue weighted by Gasteiger charge is -2.34. The van der Waals surface area contributed by atoms with E-state index in [1.54, 1.807) is 22.9 Å². The number of pyridine rings is 1. The second-order valence-electron chi connectivity index (χ2n) is 7.45. The molecule has 1 saturated carbocycles. The lowest BCUT2D eigenvalue weighted by Crippen LogP contribution is -2.44. The van der Waals surface area contributed by atoms with Crippen LogP contribution in [0.1, 0.15) is 54.1 Å². The number of hydrogen-bond acceptors (Lipinski definition) is 6. The summed E-state index contributed by atoms with van der Waals surface area (Å²) in [7, 11) is 3.68. The molecule has 0 unspecified atom stereocenters. The molecule has 0 atom stereocenters. The number of carbonyl (C=O) groups excluding carboxylic acids is 2. The predicted octanol–water partition coefficient (Wildman–Crippen LogP) is 2.29. The first kappa shape index (κ1) is 19.2. The number of fused-ring (bicyclic) bond motifs is 1. The molecule has 27 heavy (non-hydrogen) atoms. The van der Waals surface area contributed by atoms with Crippen molar-refractivity contribution in [2.45, 2.75) is 45.6 Å². The quantitative estimate of drug-likeness (QED) is 0.756. The largest absolute Gasteiger partial charge is 0.462 e. The van der Waals surface area contributed by atoms with Gasteiger partial charge in [-0.15, -0.1) is 0 Å². The van der Waals surface area contributed by atoms with Crippen molar-refractivity contribution in [2.75, 3.05) is 32.1 Å². The number of anilines is 1. The molecular weight excluding hydrogens is 344 g/mol. The zero-order chi connectivity index (χ0) is 19.6. The summed E-state index contributed by atoms with van der Waals surface area (Å²) in [6, 6.07) is 2.28. The van der Waals surface area contributed by atoms with Crippen molar-refractivity contribution in [1.29, 1.82) is 5.26 Å². The summed E-state index contributed by atoms with van der Waals surface area (Å²) in [5, 5.41) is 9.61. The average molecular weight is 370 g/mol. The molecular formula is C20H26N4O3. The zero-order valence-electron chi connectivity index (χ0n) is 16.2. The minimum atomic E-state index is -0.877. The second kappa shape index (κ2) is 7.55. The number of carbonyl (C=O) groups is 2. The van der Waals surface area contributed by atoms with Crippen LogP contribution in [0.3, 0.4) is 0 Å². The molecule has 1 aliphatic heterocycles. The summed E-state index contributed by atoms with van der Waals surface area (Å²) >= 11 is 0. The number of ether oxygens (including phenoxy) is 1. The highest BCUT2D eigenvalue weighted by Crippen LogP contribution is 2.40. The van der Waals surface area contributed by atoms with Gasteiger partial charge in [-0.3, -0.25) is 4.79 Å². The van der Waals surface area contributed by atoms with Crippen LogP contribution in [0, 0.1) is 16.7 Å². The third-order valence-corrected chi connectivity index (χ3v) is 5.52. The molecule has 1 aromatic rings. The summed E-state index contributed by atoms with van der Waals surface area (Å²) in [5.41, 5.74) is 1.36. The van der Waals surface area contributed by atoms with Crippen molar-refractivity contribution in [3.8, 4) is 6.07 Å². The minimum Gasteiger partial charge on any atom is -0.462 e. The van der Waals surface area contributed by atoms with E-state index in [-0.39, 0.29) is 11.9 Å². The number of nitriles is 1. The maximum absolute atomic E-state index is 13.0. The van der Waals surface area contributed by atoms with Crippen LogP contribution in [-0.4, -0.2) is 49.0 Å². The van der Waals surface area contributed by atoms with E-state index in [0.717, 1.165) is 24.0 Å². The summed E-state index contributed by atoms with van der Waals surface area (Å²) in [6.07, 6.45) is 5.41. The average Bonchev–Trinajstić information content (AvgIpc) is 3.16. The van der Waals surface area contributed by atoms with E-state index in [1.165, 1.54) is 0 Å². The van der Waals surface area contributed by atoms with Crippen molar-refractivity contribution in [3.05, 3.63) is 22.9 Å². The number of nitrogens with zero attached hydrogens (tertiary/aromatic N) is 4. The van der Waals surface area contributed by atoms with Gasteiger partial charge in [0.1, 0.15) is 16.8 Å². The van der Waals surface area contributed by atoms with Crippen LogP contribution in [0.25, 0.3) is 0 Å². The Balaban J connectivity index is 1.93. The van der Waals surface area contributed by atoms with Crippen molar-refractivity contribution in [3.63, 3.8) is 0 Å². The maximum Gasteiger partial charge on any atom is 0.342 e. The first-order valence-corrected chi connectivity index (χ1v) is 9.49. The SMILES string of the molecule is CCOC(=O)c1c(N(C)C)ncc2c1CCN(C(=O)C1(C#N)CCCC1)C2. The Morgan fingerprint density at radius 2 is 2.07 bits per heavy atom. The Bertz CT molecular complexity index is 791. The first-order valence-electron chi connectivity index (χ1n) is 9.49. The van der Waals surface area contributed by atoms with Gasteiger partial charge in [0, 0.05) is 33.4 Å². The molecule has 0 bridgehead atoms. The third kappa shape index (κ3) is 3.36. The van der Waals surface area contributed by atoms with Gasteiger partial charge in [0.05, 0.1) is 12.7 Å². The van der Waals surface area contributed by atoms with Gasteiger partial charge in [-0.05, 0) is 37.3 Å². The summed E-state index contributed by atoms with van der Waals surface area (Å²) in [6.45, 7) is 2.95. The zero-order valence-corrected chi connectivity index (χ0v) is 16.2. The molecule has 2 heterocycles. The fourth-order valence-electron chi connectivity index (χ4n) is 4.12. The van der Waals surface area contributed by atoms with Crippen molar-refractivity contribution >= 4 is 17.7 Å². The lowest BCUT2D eigenvalue weighted by molar-refractivity contribution is -0.139. The Kier molecular flexibility index (Phi) is 5.36. The molecule has 1 fully saturated rings. The van der Waals surface area contributed by atoms with E-state index in [2.05, 4.69) is 11.1 Å². The third-order valence-electron chi connectivity index (χ3n) is 5.52. The highest BCUT2D eigenvalue weighted by Gasteiger charge is 2.44. The minimum absolute atomic E-state index is 0.0810. The smallest absolute Gasteiger partial charge is 0.342 e. The van der Waals surface area contributed by atoms with Gasteiger partial charge < -0.3 is 14.5 Å². The molecule has 1 amide bonds. The van der Waals surface area contributed by atoms with E-state index in [9.17, 15) is 14.9 Å². The van der Waals surface area contributed by atoms with Gasteiger partial charge in [0.2, 0.25) is 5.91 Å². The van der Waals surface area contributed by atoms with Crippen LogP contribution < -0.4 is 4.90 Å². The fourth-order valence-corrected chi connectivity index (χ4v) is 4.12. The molecule has 7 heteroatoms. The Morgan fingerprint density at radius 1 is 1.37 bits per heavy atom. The van der Waals surface area contributed by atoms with E-state index in [1.807, 2.05) is 14.1 Å². The number of amides is 1. The van der Waals surface area contributed by atoms with Crippen molar-refractivity contribution < 1.29 is 14.3 Å². The number of aromatic nitrogens is 1. The topological polar surface area (TPSA) is 86.5 Å². The molecule has 0 saturated heterocycles. The van der Waals surface area contributed by atoms with Crippen LogP contribution in [0.15, 0.2) is 6.20 Å². The van der Waals surface area contributed by atoms with Crippen LogP contribution >= 0.6 is 0 Å². The molecule has 1 aromatic heterocycles. The summed E-state index contributed by atoms with van der Waals surface area (Å²) in [5.74, 6) is 0.119. The van der Waals surface area contributed by atoms with Gasteiger partial charge >= 0.3 is 5.97 Å². The van der Waals surface area contributed by atoms with Crippen LogP contribution in [0.4, 0.5) is 5.82 Å². The van der Waals surface area contributed by atoms with Gasteiger partial charge in [-0.1, -0.05) is 12.8 Å². The molecule has 3 rings (SSSR count). The van der Waals surface area contributed by atoms with E-state index >= 15 is 0 Å². The lowest BCUT2D eigenvalue weighted by atomic mass is 9.85. The Hall–Kier alpha value is -2.62. The Labute approximate surface area is 159 Å². The number of rotatable bonds is 4. The van der Waals surface area contributed by atoms with E-state index < -0.39 is 5.41 Å². The molecule has 2 aliphatic rings. The molecule has 0 spiro atoms. The van der Waals surface area contributed by atoms with Gasteiger partial charge in [0.25, 0.3) is 0 Å². The van der Waals surface area contributed by atoms with Crippen LogP contribution in [0.5, 0.6) is 0 Å². The molecule has 0 radical (unpaired) electrons. The van der Waals surface area contributed by atoms with E-state index in [0.29, 0.717) is 50.3 Å². The Morgan fingerprint density at radius 3 is 2.67 bits per heavy atom. The highest BCUT2D eigenvalue weighted by atomic mass is 16.5. The summed E-state index contributed by atoms with van der Waals surface area (Å²) in [4.78, 5) is 33.6. The predicted molar refractivity (Wildman–Crippen MR) is 100 cm³/mol. The molecule has 0 aromatic carbocycles. The molecule has 1 aliphatic carbocycles. The van der Waals surface area contributed by atoms with Crippen LogP contribution in [0.2, 0.25) is 0 Å².